The van der Waals surface area contributed by atoms with Gasteiger partial charge in [0.05, 0.1) is 0 Å². The Morgan fingerprint density at radius 2 is 1.71 bits per heavy atom. The fraction of sp³-hybridized carbons (Fsp3) is 0.259. The van der Waals surface area contributed by atoms with Crippen LogP contribution in [0.5, 0.6) is 0 Å². The molecule has 1 aliphatic rings. The molecule has 3 rings (SSSR count). The van der Waals surface area contributed by atoms with Gasteiger partial charge in [-0.25, -0.2) is 4.79 Å². The molecule has 0 fully saturated rings. The van der Waals surface area contributed by atoms with Crippen LogP contribution in [0.25, 0.3) is 0 Å². The Hall–Kier alpha value is -4.00. The van der Waals surface area contributed by atoms with Gasteiger partial charge in [0.2, 0.25) is 6.54 Å². The molecule has 176 valence electrons. The molecular weight excluding hydrogens is 432 g/mol. The molecule has 0 N–H and O–H groups in total. The molecular formula is C27H28N2O5. The second-order valence-corrected chi connectivity index (χ2v) is 8.12. The van der Waals surface area contributed by atoms with E-state index in [1.807, 2.05) is 66.7 Å². The Morgan fingerprint density at radius 3 is 2.29 bits per heavy atom. The van der Waals surface area contributed by atoms with Crippen molar-refractivity contribution in [2.45, 2.75) is 32.3 Å². The van der Waals surface area contributed by atoms with Crippen LogP contribution in [0.2, 0.25) is 0 Å². The number of hydrogen-bond donors (Lipinski definition) is 0. The zero-order chi connectivity index (χ0) is 24.3. The van der Waals surface area contributed by atoms with Crippen molar-refractivity contribution in [1.29, 1.82) is 0 Å². The maximum atomic E-state index is 13.0. The van der Waals surface area contributed by atoms with E-state index in [1.165, 1.54) is 12.2 Å². The van der Waals surface area contributed by atoms with Gasteiger partial charge in [0.15, 0.2) is 0 Å². The summed E-state index contributed by atoms with van der Waals surface area (Å²) in [6.07, 6.45) is 9.41. The lowest BCUT2D eigenvalue weighted by molar-refractivity contribution is -0.488. The lowest BCUT2D eigenvalue weighted by atomic mass is 9.89. The third kappa shape index (κ3) is 7.55. The summed E-state index contributed by atoms with van der Waals surface area (Å²) in [5.41, 5.74) is 2.36. The Bertz CT molecular complexity index is 1040. The highest BCUT2D eigenvalue weighted by Crippen LogP contribution is 2.26. The quantitative estimate of drug-likeness (QED) is 0.216. The lowest BCUT2D eigenvalue weighted by Crippen LogP contribution is -2.24. The number of ether oxygens (including phenoxy) is 1. The molecule has 0 aliphatic heterocycles. The van der Waals surface area contributed by atoms with Gasteiger partial charge in [0, 0.05) is 34.4 Å². The molecule has 2 aromatic carbocycles. The summed E-state index contributed by atoms with van der Waals surface area (Å²) < 4.78 is 5.36. The van der Waals surface area contributed by atoms with Gasteiger partial charge in [-0.05, 0) is 56.5 Å². The molecule has 7 nitrogen and oxygen atoms in total. The predicted molar refractivity (Wildman–Crippen MR) is 131 cm³/mol. The number of benzene rings is 2. The third-order valence-electron chi connectivity index (χ3n) is 5.41. The van der Waals surface area contributed by atoms with E-state index in [1.54, 1.807) is 24.0 Å². The van der Waals surface area contributed by atoms with Crippen LogP contribution >= 0.6 is 0 Å². The predicted octanol–water partition coefficient (Wildman–Crippen LogP) is 5.40. The number of rotatable bonds is 9. The van der Waals surface area contributed by atoms with Crippen molar-refractivity contribution >= 4 is 23.3 Å². The van der Waals surface area contributed by atoms with Crippen molar-refractivity contribution in [3.05, 3.63) is 107 Å². The van der Waals surface area contributed by atoms with E-state index in [0.29, 0.717) is 6.42 Å². The van der Waals surface area contributed by atoms with Crippen LogP contribution in [0, 0.1) is 16.0 Å². The minimum absolute atomic E-state index is 0.0132. The summed E-state index contributed by atoms with van der Waals surface area (Å²) in [5, 5.41) is 10.7. The number of para-hydroxylation sites is 2. The second kappa shape index (κ2) is 12.3. The molecule has 1 unspecified atom stereocenters. The van der Waals surface area contributed by atoms with Crippen LogP contribution in [-0.4, -0.2) is 29.4 Å². The van der Waals surface area contributed by atoms with E-state index in [9.17, 15) is 19.7 Å². The van der Waals surface area contributed by atoms with Gasteiger partial charge < -0.3 is 4.74 Å². The highest BCUT2D eigenvalue weighted by Gasteiger charge is 2.19. The van der Waals surface area contributed by atoms with Crippen LogP contribution in [-0.2, 0) is 14.3 Å². The number of hydrogen-bond acceptors (Lipinski definition) is 5. The Labute approximate surface area is 199 Å². The summed E-state index contributed by atoms with van der Waals surface area (Å²) >= 11 is 0. The third-order valence-corrected chi connectivity index (χ3v) is 5.41. The molecule has 0 radical (unpaired) electrons. The number of nitro groups is 1. The van der Waals surface area contributed by atoms with E-state index < -0.39 is 12.1 Å². The number of allylic oxidation sites excluding steroid dienone is 3. The molecule has 7 heteroatoms. The maximum Gasteiger partial charge on any atom is 0.331 e. The molecule has 0 aromatic heterocycles. The molecule has 2 aromatic rings. The molecule has 1 amide bonds. The average molecular weight is 461 g/mol. The Kier molecular flexibility index (Phi) is 8.91. The number of nitrogens with zero attached hydrogens (tertiary/aromatic N) is 2. The van der Waals surface area contributed by atoms with Crippen molar-refractivity contribution in [2.75, 3.05) is 11.4 Å². The summed E-state index contributed by atoms with van der Waals surface area (Å²) in [6.45, 7) is 1.62. The molecule has 1 aliphatic carbocycles. The van der Waals surface area contributed by atoms with Crippen molar-refractivity contribution in [3.8, 4) is 0 Å². The Balaban J connectivity index is 1.58. The first-order valence-electron chi connectivity index (χ1n) is 11.2. The summed E-state index contributed by atoms with van der Waals surface area (Å²) in [5.74, 6) is -0.814. The second-order valence-electron chi connectivity index (χ2n) is 8.12. The van der Waals surface area contributed by atoms with Gasteiger partial charge in [0.25, 0.3) is 5.91 Å². The van der Waals surface area contributed by atoms with Crippen molar-refractivity contribution < 1.29 is 19.2 Å². The van der Waals surface area contributed by atoms with E-state index in [4.69, 9.17) is 4.74 Å². The molecule has 0 heterocycles. The number of carbonyl (C=O) groups excluding carboxylic acids is 2. The number of anilines is 2. The van der Waals surface area contributed by atoms with E-state index in [-0.39, 0.29) is 23.3 Å². The maximum absolute atomic E-state index is 13.0. The van der Waals surface area contributed by atoms with Gasteiger partial charge in [-0.1, -0.05) is 54.1 Å². The molecule has 2 atom stereocenters. The summed E-state index contributed by atoms with van der Waals surface area (Å²) in [6, 6.07) is 18.6. The molecule has 0 saturated carbocycles. The first-order valence-corrected chi connectivity index (χ1v) is 11.2. The van der Waals surface area contributed by atoms with Gasteiger partial charge >= 0.3 is 5.97 Å². The number of carbonyl (C=O) groups is 2. The van der Waals surface area contributed by atoms with Crippen LogP contribution in [0.1, 0.15) is 26.2 Å². The summed E-state index contributed by atoms with van der Waals surface area (Å²) in [4.78, 5) is 37.2. The van der Waals surface area contributed by atoms with Crippen LogP contribution in [0.4, 0.5) is 11.4 Å². The van der Waals surface area contributed by atoms with Crippen LogP contribution in [0.15, 0.2) is 96.6 Å². The minimum atomic E-state index is -0.614. The standard InChI is InChI=1S/C27H28N2O5/c1-21(34-27(31)18-16-22-9-8-10-23(19-22)20-28(32)33)15-17-26(30)29(24-11-4-2-5-12-24)25-13-6-3-7-14-25/h2-7,9,11-18,21,23H,8,10,19-20H2,1H3/b17-15-,18-16+/t21-,23?/m1/s1. The zero-order valence-electron chi connectivity index (χ0n) is 19.1. The fourth-order valence-electron chi connectivity index (χ4n) is 3.81. The molecule has 0 spiro atoms. The molecule has 0 bridgehead atoms. The van der Waals surface area contributed by atoms with Crippen molar-refractivity contribution in [1.82, 2.24) is 0 Å². The van der Waals surface area contributed by atoms with Gasteiger partial charge in [-0.2, -0.15) is 0 Å². The average Bonchev–Trinajstić information content (AvgIpc) is 2.83. The normalized spacial score (nSPS) is 16.7. The Morgan fingerprint density at radius 1 is 1.09 bits per heavy atom. The zero-order valence-corrected chi connectivity index (χ0v) is 19.1. The molecule has 0 saturated heterocycles. The fourth-order valence-corrected chi connectivity index (χ4v) is 3.81. The topological polar surface area (TPSA) is 89.8 Å². The largest absolute Gasteiger partial charge is 0.455 e. The first kappa shape index (κ1) is 24.6. The van der Waals surface area contributed by atoms with Gasteiger partial charge in [0.1, 0.15) is 6.10 Å². The summed E-state index contributed by atoms with van der Waals surface area (Å²) in [7, 11) is 0. The highest BCUT2D eigenvalue weighted by atomic mass is 16.6. The van der Waals surface area contributed by atoms with E-state index >= 15 is 0 Å². The molecule has 34 heavy (non-hydrogen) atoms. The van der Waals surface area contributed by atoms with E-state index in [2.05, 4.69) is 0 Å². The highest BCUT2D eigenvalue weighted by molar-refractivity contribution is 6.07. The van der Waals surface area contributed by atoms with Crippen molar-refractivity contribution in [3.63, 3.8) is 0 Å². The van der Waals surface area contributed by atoms with Gasteiger partial charge in [-0.15, -0.1) is 0 Å². The smallest absolute Gasteiger partial charge is 0.331 e. The first-order chi connectivity index (χ1) is 16.4. The van der Waals surface area contributed by atoms with Crippen LogP contribution < -0.4 is 4.90 Å². The van der Waals surface area contributed by atoms with Crippen LogP contribution in [0.3, 0.4) is 0 Å². The number of amides is 1. The van der Waals surface area contributed by atoms with E-state index in [0.717, 1.165) is 29.8 Å². The van der Waals surface area contributed by atoms with Gasteiger partial charge in [-0.3, -0.25) is 19.8 Å². The number of esters is 1. The van der Waals surface area contributed by atoms with Crippen molar-refractivity contribution in [2.24, 2.45) is 5.92 Å². The monoisotopic (exact) mass is 460 g/mol. The SMILES string of the molecule is C[C@H](/C=C\C(=O)N(c1ccccc1)c1ccccc1)OC(=O)/C=C/C1=CCCC(C[N+](=O)[O-])C1. The minimum Gasteiger partial charge on any atom is -0.455 e. The lowest BCUT2D eigenvalue weighted by Gasteiger charge is -2.21.